The molecule has 1 aromatic rings. The van der Waals surface area contributed by atoms with Crippen LogP contribution in [0.2, 0.25) is 0 Å². The number of aromatic nitrogens is 1. The summed E-state index contributed by atoms with van der Waals surface area (Å²) in [6.07, 6.45) is 5.49. The molecule has 1 heterocycles. The van der Waals surface area contributed by atoms with E-state index in [0.717, 1.165) is 38.5 Å². The highest BCUT2D eigenvalue weighted by molar-refractivity contribution is 6.00. The van der Waals surface area contributed by atoms with E-state index in [4.69, 9.17) is 0 Å². The predicted octanol–water partition coefficient (Wildman–Crippen LogP) is 3.22. The van der Waals surface area contributed by atoms with Crippen molar-refractivity contribution < 1.29 is 9.90 Å². The van der Waals surface area contributed by atoms with E-state index in [0.29, 0.717) is 12.0 Å². The van der Waals surface area contributed by atoms with Crippen molar-refractivity contribution in [3.63, 3.8) is 0 Å². The van der Waals surface area contributed by atoms with Gasteiger partial charge >= 0.3 is 0 Å². The van der Waals surface area contributed by atoms with Crippen molar-refractivity contribution >= 4 is 5.78 Å². The number of hydrogen-bond donors (Lipinski definition) is 1. The van der Waals surface area contributed by atoms with E-state index in [9.17, 15) is 20.0 Å². The second-order valence-electron chi connectivity index (χ2n) is 5.95. The molecule has 5 nitrogen and oxygen atoms in total. The maximum Gasteiger partial charge on any atom is 0.271 e. The van der Waals surface area contributed by atoms with Crippen LogP contribution in [0.4, 0.5) is 0 Å². The van der Waals surface area contributed by atoms with Gasteiger partial charge in [-0.1, -0.05) is 26.2 Å². The van der Waals surface area contributed by atoms with Crippen LogP contribution in [-0.4, -0.2) is 15.5 Å². The summed E-state index contributed by atoms with van der Waals surface area (Å²) < 4.78 is 1.28. The summed E-state index contributed by atoms with van der Waals surface area (Å²) in [7, 11) is 0. The molecular formula is C17H22N2O3. The molecule has 118 valence electrons. The summed E-state index contributed by atoms with van der Waals surface area (Å²) in [4.78, 5) is 24.9. The molecule has 1 fully saturated rings. The highest BCUT2D eigenvalue weighted by Crippen LogP contribution is 2.34. The fraction of sp³-hybridized carbons (Fsp3) is 0.588. The van der Waals surface area contributed by atoms with Crippen LogP contribution in [-0.2, 0) is 0 Å². The normalized spacial score (nSPS) is 15.0. The van der Waals surface area contributed by atoms with Crippen LogP contribution in [0.5, 0.6) is 5.88 Å². The molecule has 0 bridgehead atoms. The highest BCUT2D eigenvalue weighted by Gasteiger charge is 2.28. The third-order valence-corrected chi connectivity index (χ3v) is 4.47. The van der Waals surface area contributed by atoms with Gasteiger partial charge in [0.05, 0.1) is 5.56 Å². The molecule has 0 amide bonds. The zero-order valence-corrected chi connectivity index (χ0v) is 13.2. The lowest BCUT2D eigenvalue weighted by Crippen LogP contribution is -2.29. The molecule has 0 aliphatic heterocycles. The van der Waals surface area contributed by atoms with Gasteiger partial charge in [-0.25, -0.2) is 0 Å². The molecule has 0 radical (unpaired) electrons. The van der Waals surface area contributed by atoms with E-state index in [2.05, 4.69) is 0 Å². The largest absolute Gasteiger partial charge is 0.494 e. The molecule has 1 aromatic heterocycles. The summed E-state index contributed by atoms with van der Waals surface area (Å²) in [6.45, 7) is 3.55. The Hall–Kier alpha value is -2.09. The highest BCUT2D eigenvalue weighted by atomic mass is 16.3. The summed E-state index contributed by atoms with van der Waals surface area (Å²) >= 11 is 0. The van der Waals surface area contributed by atoms with Gasteiger partial charge in [-0.3, -0.25) is 14.2 Å². The molecule has 1 N–H and O–H groups in total. The van der Waals surface area contributed by atoms with Gasteiger partial charge in [0.2, 0.25) is 5.88 Å². The molecule has 5 heteroatoms. The van der Waals surface area contributed by atoms with Gasteiger partial charge in [0.1, 0.15) is 11.6 Å². The minimum atomic E-state index is -0.476. The van der Waals surface area contributed by atoms with Crippen molar-refractivity contribution in [3.8, 4) is 11.9 Å². The van der Waals surface area contributed by atoms with Crippen LogP contribution in [0, 0.1) is 18.3 Å². The molecule has 0 atom stereocenters. The van der Waals surface area contributed by atoms with Crippen molar-refractivity contribution in [2.75, 3.05) is 0 Å². The number of carbonyl (C=O) groups excluding carboxylic acids is 1. The smallest absolute Gasteiger partial charge is 0.271 e. The van der Waals surface area contributed by atoms with E-state index in [1.807, 2.05) is 13.0 Å². The van der Waals surface area contributed by atoms with Gasteiger partial charge < -0.3 is 5.11 Å². The predicted molar refractivity (Wildman–Crippen MR) is 83.2 cm³/mol. The topological polar surface area (TPSA) is 83.1 Å². The maximum atomic E-state index is 12.5. The third-order valence-electron chi connectivity index (χ3n) is 4.47. The number of Topliss-reactive ketones (excluding diaryl/α,β-unsaturated/α-hetero) is 1. The monoisotopic (exact) mass is 302 g/mol. The lowest BCUT2D eigenvalue weighted by Gasteiger charge is -2.20. The van der Waals surface area contributed by atoms with Gasteiger partial charge in [-0.05, 0) is 31.7 Å². The Balaban J connectivity index is 2.62. The van der Waals surface area contributed by atoms with E-state index in [1.165, 1.54) is 4.57 Å². The number of nitriles is 1. The Labute approximate surface area is 130 Å². The van der Waals surface area contributed by atoms with Crippen LogP contribution < -0.4 is 5.56 Å². The summed E-state index contributed by atoms with van der Waals surface area (Å²) in [5, 5.41) is 19.8. The van der Waals surface area contributed by atoms with Crippen molar-refractivity contribution in [1.29, 1.82) is 5.26 Å². The minimum absolute atomic E-state index is 0.0236. The number of nitrogens with zero attached hydrogens (tertiary/aromatic N) is 2. The molecule has 0 aromatic carbocycles. The maximum absolute atomic E-state index is 12.5. The molecule has 1 aliphatic carbocycles. The van der Waals surface area contributed by atoms with E-state index >= 15 is 0 Å². The van der Waals surface area contributed by atoms with Gasteiger partial charge in [0, 0.05) is 12.5 Å². The zero-order chi connectivity index (χ0) is 16.3. The number of pyridine rings is 1. The molecule has 2 rings (SSSR count). The van der Waals surface area contributed by atoms with Crippen LogP contribution in [0.3, 0.4) is 0 Å². The Kier molecular flexibility index (Phi) is 5.02. The Morgan fingerprint density at radius 3 is 2.59 bits per heavy atom. The van der Waals surface area contributed by atoms with Gasteiger partial charge in [0.25, 0.3) is 5.56 Å². The summed E-state index contributed by atoms with van der Waals surface area (Å²) in [5.41, 5.74) is -0.0437. The van der Waals surface area contributed by atoms with Crippen molar-refractivity contribution in [2.24, 2.45) is 0 Å². The Morgan fingerprint density at radius 1 is 1.41 bits per heavy atom. The molecule has 0 unspecified atom stereocenters. The Bertz CT molecular complexity index is 677. The number of carbonyl (C=O) groups is 1. The first-order valence-electron chi connectivity index (χ1n) is 7.94. The third kappa shape index (κ3) is 2.78. The fourth-order valence-electron chi connectivity index (χ4n) is 3.22. The standard InChI is InChI=1S/C17H22N2O3/c1-3-4-9-14(20)15-11(2)13(10-18)16(21)19(17(15)22)12-7-5-6-8-12/h12,22H,3-9H2,1-2H3. The van der Waals surface area contributed by atoms with Crippen LogP contribution >= 0.6 is 0 Å². The van der Waals surface area contributed by atoms with Gasteiger partial charge in [-0.2, -0.15) is 5.26 Å². The lowest BCUT2D eigenvalue weighted by atomic mass is 9.98. The van der Waals surface area contributed by atoms with Crippen LogP contribution in [0.25, 0.3) is 0 Å². The number of hydrogen-bond acceptors (Lipinski definition) is 4. The van der Waals surface area contributed by atoms with Crippen LogP contribution in [0.15, 0.2) is 4.79 Å². The van der Waals surface area contributed by atoms with Gasteiger partial charge in [-0.15, -0.1) is 0 Å². The molecular weight excluding hydrogens is 280 g/mol. The number of aromatic hydroxyl groups is 1. The molecule has 1 saturated carbocycles. The summed E-state index contributed by atoms with van der Waals surface area (Å²) in [6, 6.07) is 1.80. The average molecular weight is 302 g/mol. The molecule has 0 spiro atoms. The van der Waals surface area contributed by atoms with Crippen molar-refractivity contribution in [3.05, 3.63) is 27.0 Å². The second-order valence-corrected chi connectivity index (χ2v) is 5.95. The number of rotatable bonds is 5. The Morgan fingerprint density at radius 2 is 2.05 bits per heavy atom. The number of unbranched alkanes of at least 4 members (excludes halogenated alkanes) is 1. The van der Waals surface area contributed by atoms with Gasteiger partial charge in [0.15, 0.2) is 5.78 Å². The molecule has 1 aliphatic rings. The van der Waals surface area contributed by atoms with Crippen molar-refractivity contribution in [1.82, 2.24) is 4.57 Å². The quantitative estimate of drug-likeness (QED) is 0.846. The van der Waals surface area contributed by atoms with Crippen molar-refractivity contribution in [2.45, 2.75) is 64.8 Å². The number of ketones is 1. The molecule has 0 saturated heterocycles. The van der Waals surface area contributed by atoms with E-state index in [1.54, 1.807) is 6.92 Å². The lowest BCUT2D eigenvalue weighted by molar-refractivity contribution is 0.0974. The molecule has 22 heavy (non-hydrogen) atoms. The first kappa shape index (κ1) is 16.3. The fourth-order valence-corrected chi connectivity index (χ4v) is 3.22. The van der Waals surface area contributed by atoms with Crippen LogP contribution in [0.1, 0.15) is 79.4 Å². The van der Waals surface area contributed by atoms with E-state index < -0.39 is 5.56 Å². The first-order chi connectivity index (χ1) is 10.5. The SMILES string of the molecule is CCCCC(=O)c1c(C)c(C#N)c(=O)n(C2CCCC2)c1O. The van der Waals surface area contributed by atoms with E-state index in [-0.39, 0.29) is 28.8 Å². The zero-order valence-electron chi connectivity index (χ0n) is 13.2. The summed E-state index contributed by atoms with van der Waals surface area (Å²) in [5.74, 6) is -0.449. The minimum Gasteiger partial charge on any atom is -0.494 e. The first-order valence-corrected chi connectivity index (χ1v) is 7.94. The second kappa shape index (κ2) is 6.78. The average Bonchev–Trinajstić information content (AvgIpc) is 2.99.